The summed E-state index contributed by atoms with van der Waals surface area (Å²) in [6.07, 6.45) is 3.92. The van der Waals surface area contributed by atoms with Crippen molar-refractivity contribution in [1.82, 2.24) is 20.0 Å². The summed E-state index contributed by atoms with van der Waals surface area (Å²) in [5.41, 5.74) is 0.190. The quantitative estimate of drug-likeness (QED) is 0.427. The monoisotopic (exact) mass is 426 g/mol. The number of nitrogens with one attached hydrogen (secondary N) is 2. The second-order valence-electron chi connectivity index (χ2n) is 7.87. The smallest absolute Gasteiger partial charge is 0.323 e. The maximum atomic E-state index is 12.9. The molecule has 2 fully saturated rings. The molecule has 4 rings (SSSR count). The molecule has 1 saturated carbocycles. The minimum atomic E-state index is -0.882. The maximum Gasteiger partial charge on any atom is 0.325 e. The number of carbonyl (C=O) groups is 3. The Morgan fingerprint density at radius 2 is 1.90 bits per heavy atom. The van der Waals surface area contributed by atoms with Crippen LogP contribution >= 0.6 is 0 Å². The van der Waals surface area contributed by atoms with Gasteiger partial charge < -0.3 is 10.6 Å². The summed E-state index contributed by atoms with van der Waals surface area (Å²) in [6.45, 7) is 1.33. The van der Waals surface area contributed by atoms with Crippen LogP contribution in [-0.2, 0) is 9.59 Å². The Morgan fingerprint density at radius 3 is 2.55 bits per heavy atom. The van der Waals surface area contributed by atoms with Gasteiger partial charge in [0, 0.05) is 18.2 Å². The first-order valence-corrected chi connectivity index (χ1v) is 10.0. The van der Waals surface area contributed by atoms with Crippen molar-refractivity contribution in [2.24, 2.45) is 0 Å². The van der Waals surface area contributed by atoms with E-state index in [-0.39, 0.29) is 11.6 Å². The van der Waals surface area contributed by atoms with Crippen LogP contribution in [0, 0.1) is 17.0 Å². The molecule has 1 saturated heterocycles. The molecule has 0 bridgehead atoms. The van der Waals surface area contributed by atoms with Crippen molar-refractivity contribution in [2.75, 3.05) is 11.9 Å². The first-order chi connectivity index (χ1) is 14.8. The number of carbonyl (C=O) groups excluding carboxylic acids is 3. The Morgan fingerprint density at radius 1 is 1.23 bits per heavy atom. The lowest BCUT2D eigenvalue weighted by atomic mass is 9.82. The average Bonchev–Trinajstić information content (AvgIpc) is 3.21. The fraction of sp³-hybridized carbons (Fsp3) is 0.400. The van der Waals surface area contributed by atoms with Crippen molar-refractivity contribution in [1.29, 1.82) is 0 Å². The molecule has 0 atom stereocenters. The number of hydrogen-bond acceptors (Lipinski definition) is 6. The summed E-state index contributed by atoms with van der Waals surface area (Å²) >= 11 is 0. The number of nitro groups is 1. The fourth-order valence-corrected chi connectivity index (χ4v) is 4.14. The van der Waals surface area contributed by atoms with Crippen LogP contribution in [-0.4, -0.2) is 49.5 Å². The number of amides is 4. The summed E-state index contributed by atoms with van der Waals surface area (Å²) in [5.74, 6) is -0.567. The molecule has 4 amide bonds. The summed E-state index contributed by atoms with van der Waals surface area (Å²) in [5, 5.41) is 20.6. The van der Waals surface area contributed by atoms with Gasteiger partial charge in [-0.25, -0.2) is 9.48 Å². The number of nitro benzene ring substituents is 1. The largest absolute Gasteiger partial charge is 0.325 e. The Hall–Kier alpha value is -3.76. The van der Waals surface area contributed by atoms with E-state index in [9.17, 15) is 24.5 Å². The molecule has 162 valence electrons. The number of nitrogens with zero attached hydrogens (tertiary/aromatic N) is 4. The molecule has 1 aromatic carbocycles. The fourth-order valence-electron chi connectivity index (χ4n) is 4.14. The van der Waals surface area contributed by atoms with Gasteiger partial charge in [-0.15, -0.1) is 0 Å². The molecule has 1 aliphatic heterocycles. The normalized spacial score (nSPS) is 17.6. The van der Waals surface area contributed by atoms with Gasteiger partial charge in [0.1, 0.15) is 17.9 Å². The lowest BCUT2D eigenvalue weighted by Crippen LogP contribution is -2.48. The Kier molecular flexibility index (Phi) is 5.17. The third-order valence-electron chi connectivity index (χ3n) is 5.66. The van der Waals surface area contributed by atoms with E-state index in [1.54, 1.807) is 13.0 Å². The average molecular weight is 426 g/mol. The summed E-state index contributed by atoms with van der Waals surface area (Å²) in [4.78, 5) is 49.2. The van der Waals surface area contributed by atoms with Crippen molar-refractivity contribution < 1.29 is 19.3 Å². The van der Waals surface area contributed by atoms with E-state index in [0.29, 0.717) is 30.0 Å². The standard InChI is InChI=1S/C20H22N6O5/c1-13-11-16(25(23-13)14-5-7-15(8-6-14)26(30)31)21-17(27)12-24-18(28)20(22-19(24)29)9-3-2-4-10-20/h5-8,11H,2-4,9-10,12H2,1H3,(H,21,27)(H,22,29). The Labute approximate surface area is 177 Å². The van der Waals surface area contributed by atoms with Crippen molar-refractivity contribution in [2.45, 2.75) is 44.6 Å². The summed E-state index contributed by atoms with van der Waals surface area (Å²) in [7, 11) is 0. The van der Waals surface area contributed by atoms with Crippen LogP contribution < -0.4 is 10.6 Å². The number of anilines is 1. The number of benzene rings is 1. The van der Waals surface area contributed by atoms with E-state index in [1.807, 2.05) is 0 Å². The molecule has 1 aromatic heterocycles. The van der Waals surface area contributed by atoms with Crippen LogP contribution in [0.25, 0.3) is 5.69 Å². The molecular formula is C20H22N6O5. The van der Waals surface area contributed by atoms with Gasteiger partial charge in [0.05, 0.1) is 16.3 Å². The number of rotatable bonds is 5. The van der Waals surface area contributed by atoms with Gasteiger partial charge in [0.25, 0.3) is 11.6 Å². The van der Waals surface area contributed by atoms with Gasteiger partial charge in [-0.1, -0.05) is 19.3 Å². The van der Waals surface area contributed by atoms with Gasteiger partial charge in [-0.05, 0) is 31.9 Å². The van der Waals surface area contributed by atoms with Crippen LogP contribution in [0.2, 0.25) is 0 Å². The minimum Gasteiger partial charge on any atom is -0.323 e. The summed E-state index contributed by atoms with van der Waals surface area (Å²) in [6, 6.07) is 6.80. The Balaban J connectivity index is 1.49. The number of non-ortho nitro benzene ring substituents is 1. The number of urea groups is 1. The predicted molar refractivity (Wildman–Crippen MR) is 110 cm³/mol. The van der Waals surface area contributed by atoms with Crippen molar-refractivity contribution in [3.05, 3.63) is 46.1 Å². The van der Waals surface area contributed by atoms with Crippen molar-refractivity contribution in [3.63, 3.8) is 0 Å². The maximum absolute atomic E-state index is 12.9. The molecular weight excluding hydrogens is 404 g/mol. The summed E-state index contributed by atoms with van der Waals surface area (Å²) < 4.78 is 1.44. The number of aromatic nitrogens is 2. The highest BCUT2D eigenvalue weighted by atomic mass is 16.6. The number of imide groups is 1. The van der Waals surface area contributed by atoms with Gasteiger partial charge in [-0.2, -0.15) is 5.10 Å². The van der Waals surface area contributed by atoms with Crippen molar-refractivity contribution >= 4 is 29.4 Å². The van der Waals surface area contributed by atoms with Crippen LogP contribution in [0.3, 0.4) is 0 Å². The zero-order valence-electron chi connectivity index (χ0n) is 17.0. The van der Waals surface area contributed by atoms with Crippen molar-refractivity contribution in [3.8, 4) is 5.69 Å². The highest BCUT2D eigenvalue weighted by molar-refractivity contribution is 6.10. The number of hydrogen-bond donors (Lipinski definition) is 2. The Bertz CT molecular complexity index is 1050. The SMILES string of the molecule is Cc1cc(NC(=O)CN2C(=O)NC3(CCCCC3)C2=O)n(-c2ccc([N+](=O)[O-])cc2)n1. The zero-order chi connectivity index (χ0) is 22.2. The predicted octanol–water partition coefficient (Wildman–Crippen LogP) is 2.28. The molecule has 2 N–H and O–H groups in total. The minimum absolute atomic E-state index is 0.0617. The lowest BCUT2D eigenvalue weighted by molar-refractivity contribution is -0.384. The van der Waals surface area contributed by atoms with E-state index in [2.05, 4.69) is 15.7 Å². The van der Waals surface area contributed by atoms with Crippen LogP contribution in [0.5, 0.6) is 0 Å². The highest BCUT2D eigenvalue weighted by Crippen LogP contribution is 2.33. The molecule has 0 unspecified atom stereocenters. The topological polar surface area (TPSA) is 139 Å². The van der Waals surface area contributed by atoms with Gasteiger partial charge in [-0.3, -0.25) is 24.6 Å². The molecule has 2 aliphatic rings. The molecule has 1 aliphatic carbocycles. The molecule has 31 heavy (non-hydrogen) atoms. The van der Waals surface area contributed by atoms with E-state index >= 15 is 0 Å². The zero-order valence-corrected chi connectivity index (χ0v) is 17.0. The van der Waals surface area contributed by atoms with E-state index in [4.69, 9.17) is 0 Å². The first-order valence-electron chi connectivity index (χ1n) is 10.0. The molecule has 1 spiro atoms. The van der Waals surface area contributed by atoms with Crippen LogP contribution in [0.1, 0.15) is 37.8 Å². The molecule has 2 aromatic rings. The molecule has 2 heterocycles. The van der Waals surface area contributed by atoms with Crippen LogP contribution in [0.4, 0.5) is 16.3 Å². The van der Waals surface area contributed by atoms with Gasteiger partial charge >= 0.3 is 6.03 Å². The van der Waals surface area contributed by atoms with E-state index in [0.717, 1.165) is 24.2 Å². The molecule has 11 nitrogen and oxygen atoms in total. The van der Waals surface area contributed by atoms with Gasteiger partial charge in [0.15, 0.2) is 0 Å². The van der Waals surface area contributed by atoms with E-state index in [1.165, 1.54) is 28.9 Å². The third kappa shape index (κ3) is 3.86. The molecule has 0 radical (unpaired) electrons. The third-order valence-corrected chi connectivity index (χ3v) is 5.66. The van der Waals surface area contributed by atoms with Gasteiger partial charge in [0.2, 0.25) is 5.91 Å². The first kappa shape index (κ1) is 20.5. The van der Waals surface area contributed by atoms with Crippen LogP contribution in [0.15, 0.2) is 30.3 Å². The van der Waals surface area contributed by atoms with E-state index < -0.39 is 28.9 Å². The highest BCUT2D eigenvalue weighted by Gasteiger charge is 2.51. The second kappa shape index (κ2) is 7.82. The number of aryl methyl sites for hydroxylation is 1. The molecule has 11 heteroatoms. The lowest BCUT2D eigenvalue weighted by Gasteiger charge is -2.30. The second-order valence-corrected chi connectivity index (χ2v) is 7.87.